The number of sulfone groups is 1. The third kappa shape index (κ3) is 3.34. The Bertz CT molecular complexity index is 637. The molecule has 104 valence electrons. The van der Waals surface area contributed by atoms with E-state index in [1.807, 2.05) is 0 Å². The lowest BCUT2D eigenvalue weighted by Crippen LogP contribution is -2.20. The van der Waals surface area contributed by atoms with Gasteiger partial charge in [0.15, 0.2) is 21.5 Å². The van der Waals surface area contributed by atoms with Crippen LogP contribution in [0.15, 0.2) is 17.0 Å². The quantitative estimate of drug-likeness (QED) is 0.359. The monoisotopic (exact) mass is 292 g/mol. The zero-order chi connectivity index (χ0) is 14.8. The van der Waals surface area contributed by atoms with E-state index >= 15 is 0 Å². The van der Waals surface area contributed by atoms with E-state index in [2.05, 4.69) is 4.74 Å². The van der Waals surface area contributed by atoms with Crippen LogP contribution < -0.4 is 0 Å². The Hall–Kier alpha value is -1.83. The summed E-state index contributed by atoms with van der Waals surface area (Å²) in [7, 11) is -3.85. The highest BCUT2D eigenvalue weighted by atomic mass is 32.2. The van der Waals surface area contributed by atoms with Crippen LogP contribution in [0.4, 0.5) is 8.78 Å². The fourth-order valence-electron chi connectivity index (χ4n) is 1.25. The molecule has 0 saturated heterocycles. The molecule has 0 radical (unpaired) electrons. The van der Waals surface area contributed by atoms with Crippen molar-refractivity contribution in [2.24, 2.45) is 0 Å². The Morgan fingerprint density at radius 3 is 2.32 bits per heavy atom. The maximum Gasteiger partial charge on any atom is 0.379 e. The van der Waals surface area contributed by atoms with Crippen molar-refractivity contribution in [2.45, 2.75) is 11.8 Å². The molecule has 0 bridgehead atoms. The van der Waals surface area contributed by atoms with Gasteiger partial charge in [0.2, 0.25) is 0 Å². The molecule has 0 saturated carbocycles. The van der Waals surface area contributed by atoms with Gasteiger partial charge in [0.1, 0.15) is 0 Å². The first-order valence-corrected chi connectivity index (χ1v) is 6.98. The summed E-state index contributed by atoms with van der Waals surface area (Å²) >= 11 is 0. The Labute approximate surface area is 108 Å². The molecule has 0 aliphatic heterocycles. The lowest BCUT2D eigenvalue weighted by Gasteiger charge is -2.06. The van der Waals surface area contributed by atoms with Crippen LogP contribution in [0.25, 0.3) is 0 Å². The summed E-state index contributed by atoms with van der Waals surface area (Å²) in [6, 6.07) is 1.04. The summed E-state index contributed by atoms with van der Waals surface area (Å²) < 4.78 is 53.5. The maximum absolute atomic E-state index is 13.4. The minimum Gasteiger partial charge on any atom is -0.460 e. The number of halogens is 2. The number of hydrogen-bond donors (Lipinski definition) is 0. The van der Waals surface area contributed by atoms with E-state index in [0.29, 0.717) is 12.1 Å². The van der Waals surface area contributed by atoms with Crippen LogP contribution in [0.1, 0.15) is 17.3 Å². The van der Waals surface area contributed by atoms with E-state index in [9.17, 15) is 26.8 Å². The van der Waals surface area contributed by atoms with Gasteiger partial charge in [0.25, 0.3) is 5.78 Å². The Morgan fingerprint density at radius 2 is 1.84 bits per heavy atom. The van der Waals surface area contributed by atoms with Crippen LogP contribution in [0.5, 0.6) is 0 Å². The molecule has 0 heterocycles. The van der Waals surface area contributed by atoms with Crippen LogP contribution in [-0.2, 0) is 19.4 Å². The minimum absolute atomic E-state index is 0.125. The Morgan fingerprint density at radius 1 is 1.26 bits per heavy atom. The van der Waals surface area contributed by atoms with E-state index < -0.39 is 43.7 Å². The molecule has 0 fully saturated rings. The third-order valence-corrected chi connectivity index (χ3v) is 3.23. The van der Waals surface area contributed by atoms with Crippen LogP contribution in [0.3, 0.4) is 0 Å². The predicted molar refractivity (Wildman–Crippen MR) is 60.4 cm³/mol. The van der Waals surface area contributed by atoms with Crippen molar-refractivity contribution in [2.75, 3.05) is 12.9 Å². The van der Waals surface area contributed by atoms with Gasteiger partial charge in [-0.3, -0.25) is 4.79 Å². The van der Waals surface area contributed by atoms with Crippen molar-refractivity contribution in [1.29, 1.82) is 0 Å². The molecule has 1 rings (SSSR count). The number of rotatable bonds is 4. The summed E-state index contributed by atoms with van der Waals surface area (Å²) in [5, 5.41) is 0. The molecule has 0 unspecified atom stereocenters. The van der Waals surface area contributed by atoms with Gasteiger partial charge in [-0.05, 0) is 19.1 Å². The van der Waals surface area contributed by atoms with Crippen molar-refractivity contribution in [3.05, 3.63) is 29.3 Å². The molecule has 0 aliphatic rings. The molecule has 5 nitrogen and oxygen atoms in total. The normalized spacial score (nSPS) is 11.2. The number of benzene rings is 1. The van der Waals surface area contributed by atoms with Crippen molar-refractivity contribution in [3.63, 3.8) is 0 Å². The third-order valence-electron chi connectivity index (χ3n) is 2.14. The van der Waals surface area contributed by atoms with Gasteiger partial charge in [-0.25, -0.2) is 22.0 Å². The Kier molecular flexibility index (Phi) is 4.35. The molecule has 19 heavy (non-hydrogen) atoms. The lowest BCUT2D eigenvalue weighted by molar-refractivity contribution is -0.137. The highest BCUT2D eigenvalue weighted by molar-refractivity contribution is 7.90. The molecule has 1 aromatic carbocycles. The van der Waals surface area contributed by atoms with Crippen LogP contribution in [-0.4, -0.2) is 33.0 Å². The number of Topliss-reactive ketones (excluding diaryl/α,β-unsaturated/α-hetero) is 1. The van der Waals surface area contributed by atoms with E-state index in [4.69, 9.17) is 0 Å². The molecular weight excluding hydrogens is 282 g/mol. The van der Waals surface area contributed by atoms with Gasteiger partial charge in [0.05, 0.1) is 17.1 Å². The maximum atomic E-state index is 13.4. The highest BCUT2D eigenvalue weighted by Crippen LogP contribution is 2.19. The first-order chi connectivity index (χ1) is 8.68. The fraction of sp³-hybridized carbons (Fsp3) is 0.273. The zero-order valence-corrected chi connectivity index (χ0v) is 10.9. The zero-order valence-electron chi connectivity index (χ0n) is 10.1. The van der Waals surface area contributed by atoms with Crippen LogP contribution in [0.2, 0.25) is 0 Å². The van der Waals surface area contributed by atoms with Crippen LogP contribution in [0, 0.1) is 11.6 Å². The minimum atomic E-state index is -3.85. The number of hydrogen-bond acceptors (Lipinski definition) is 5. The number of carbonyl (C=O) groups excluding carboxylic acids is 2. The summed E-state index contributed by atoms with van der Waals surface area (Å²) in [6.07, 6.45) is 0.762. The van der Waals surface area contributed by atoms with E-state index in [1.165, 1.54) is 6.92 Å². The average molecular weight is 292 g/mol. The van der Waals surface area contributed by atoms with Gasteiger partial charge in [-0.1, -0.05) is 0 Å². The second-order valence-electron chi connectivity index (χ2n) is 3.59. The number of ketones is 1. The van der Waals surface area contributed by atoms with Crippen molar-refractivity contribution in [3.8, 4) is 0 Å². The van der Waals surface area contributed by atoms with Crippen molar-refractivity contribution in [1.82, 2.24) is 0 Å². The van der Waals surface area contributed by atoms with E-state index in [0.717, 1.165) is 6.26 Å². The largest absolute Gasteiger partial charge is 0.460 e. The van der Waals surface area contributed by atoms with Gasteiger partial charge < -0.3 is 4.74 Å². The van der Waals surface area contributed by atoms with Crippen LogP contribution >= 0.6 is 0 Å². The number of carbonyl (C=O) groups is 2. The van der Waals surface area contributed by atoms with Gasteiger partial charge in [-0.15, -0.1) is 0 Å². The topological polar surface area (TPSA) is 77.5 Å². The molecule has 0 spiro atoms. The first-order valence-electron chi connectivity index (χ1n) is 5.09. The molecule has 1 aromatic rings. The molecule has 0 N–H and O–H groups in total. The summed E-state index contributed by atoms with van der Waals surface area (Å²) in [5.41, 5.74) is -0.973. The SMILES string of the molecule is CCOC(=O)C(=O)c1cc(S(C)(=O)=O)cc(F)c1F. The second kappa shape index (κ2) is 5.43. The molecule has 8 heteroatoms. The first kappa shape index (κ1) is 15.2. The summed E-state index contributed by atoms with van der Waals surface area (Å²) in [6.45, 7) is 1.30. The van der Waals surface area contributed by atoms with Gasteiger partial charge in [-0.2, -0.15) is 0 Å². The van der Waals surface area contributed by atoms with Gasteiger partial charge in [0, 0.05) is 6.26 Å². The second-order valence-corrected chi connectivity index (χ2v) is 5.60. The summed E-state index contributed by atoms with van der Waals surface area (Å²) in [5.74, 6) is -5.95. The average Bonchev–Trinajstić information content (AvgIpc) is 2.30. The standard InChI is InChI=1S/C11H10F2O5S/c1-3-18-11(15)10(14)7-4-6(19(2,16)17)5-8(12)9(7)13/h4-5H,3H2,1-2H3. The highest BCUT2D eigenvalue weighted by Gasteiger charge is 2.26. The van der Waals surface area contributed by atoms with Crippen molar-refractivity contribution >= 4 is 21.6 Å². The molecule has 0 aromatic heterocycles. The van der Waals surface area contributed by atoms with E-state index in [-0.39, 0.29) is 6.61 Å². The molecule has 0 amide bonds. The molecule has 0 aliphatic carbocycles. The predicted octanol–water partition coefficient (Wildman–Crippen LogP) is 1.11. The van der Waals surface area contributed by atoms with E-state index in [1.54, 1.807) is 0 Å². The van der Waals surface area contributed by atoms with Gasteiger partial charge >= 0.3 is 5.97 Å². The smallest absolute Gasteiger partial charge is 0.379 e. The number of ether oxygens (including phenoxy) is 1. The fourth-order valence-corrected chi connectivity index (χ4v) is 1.90. The molecular formula is C11H10F2O5S. The lowest BCUT2D eigenvalue weighted by atomic mass is 10.1. The Balaban J connectivity index is 3.39. The number of esters is 1. The summed E-state index contributed by atoms with van der Waals surface area (Å²) in [4.78, 5) is 22.1. The van der Waals surface area contributed by atoms with Crippen molar-refractivity contribution < 1.29 is 31.5 Å². The molecule has 0 atom stereocenters.